The van der Waals surface area contributed by atoms with E-state index in [0.29, 0.717) is 11.1 Å². The Kier molecular flexibility index (Phi) is 10.0. The van der Waals surface area contributed by atoms with E-state index in [1.807, 2.05) is 0 Å². The minimum absolute atomic E-state index is 0.0306. The lowest BCUT2D eigenvalue weighted by Crippen LogP contribution is -2.43. The Bertz CT molecular complexity index is 1170. The quantitative estimate of drug-likeness (QED) is 0.164. The Morgan fingerprint density at radius 2 is 1.05 bits per heavy atom. The standard InChI is InChI=1S/C37H58OSi3/c1-37(2,3)38-23-17-11-12-18-24-41(10,35-25-29(27-39(4,5)6)31-19-13-15-21-33(31)35)36-26-30(28-40(7,8)9)32-20-14-16-22-34(32)36/h13-16,19-22,25-26,35-36H,11-12,17-18,23-24,27-28H2,1-10H3. The van der Waals surface area contributed by atoms with E-state index in [2.05, 4.69) is 127 Å². The zero-order valence-corrected chi connectivity index (χ0v) is 31.0. The predicted molar refractivity (Wildman–Crippen MR) is 191 cm³/mol. The largest absolute Gasteiger partial charge is 0.376 e. The molecule has 0 saturated heterocycles. The first-order valence-corrected chi connectivity index (χ1v) is 26.6. The molecule has 0 fully saturated rings. The molecule has 2 aromatic rings. The highest BCUT2D eigenvalue weighted by Gasteiger charge is 2.48. The van der Waals surface area contributed by atoms with Gasteiger partial charge in [0.1, 0.15) is 0 Å². The summed E-state index contributed by atoms with van der Waals surface area (Å²) in [5.74, 6) is 0. The molecule has 2 unspecified atom stereocenters. The second kappa shape index (κ2) is 12.6. The molecule has 0 spiro atoms. The molecular formula is C37H58OSi3. The highest BCUT2D eigenvalue weighted by atomic mass is 28.3. The average molecular weight is 603 g/mol. The number of fused-ring (bicyclic) bond motifs is 2. The SMILES string of the molecule is CC(C)(C)OCCCCCC[Si](C)(C1C=C(C[Si](C)(C)C)c2ccccc21)C1C=C(C[Si](C)(C)C)c2ccccc21. The van der Waals surface area contributed by atoms with Crippen molar-refractivity contribution in [1.82, 2.24) is 0 Å². The van der Waals surface area contributed by atoms with Crippen LogP contribution in [0.25, 0.3) is 11.1 Å². The molecule has 224 valence electrons. The molecule has 0 bridgehead atoms. The van der Waals surface area contributed by atoms with E-state index in [9.17, 15) is 0 Å². The Morgan fingerprint density at radius 1 is 0.610 bits per heavy atom. The summed E-state index contributed by atoms with van der Waals surface area (Å²) in [5, 5.41) is 0. The van der Waals surface area contributed by atoms with Gasteiger partial charge in [0.05, 0.1) is 13.7 Å². The van der Waals surface area contributed by atoms with Gasteiger partial charge in [-0.3, -0.25) is 0 Å². The predicted octanol–water partition coefficient (Wildman–Crippen LogP) is 11.6. The van der Waals surface area contributed by atoms with Crippen LogP contribution in [-0.2, 0) is 4.74 Å². The molecule has 2 aromatic carbocycles. The molecule has 4 heteroatoms. The molecule has 0 saturated carbocycles. The second-order valence-electron chi connectivity index (χ2n) is 16.6. The fourth-order valence-electron chi connectivity index (χ4n) is 7.27. The van der Waals surface area contributed by atoms with Crippen molar-refractivity contribution in [3.63, 3.8) is 0 Å². The lowest BCUT2D eigenvalue weighted by atomic mass is 10.1. The number of hydrogen-bond donors (Lipinski definition) is 0. The number of rotatable bonds is 13. The van der Waals surface area contributed by atoms with Crippen LogP contribution in [-0.4, -0.2) is 36.4 Å². The van der Waals surface area contributed by atoms with Gasteiger partial charge in [-0.05, 0) is 83.8 Å². The number of unbranched alkanes of at least 4 members (excludes halogenated alkanes) is 3. The molecule has 0 aromatic heterocycles. The number of benzene rings is 2. The topological polar surface area (TPSA) is 9.23 Å². The van der Waals surface area contributed by atoms with E-state index in [4.69, 9.17) is 4.74 Å². The second-order valence-corrected chi connectivity index (χ2v) is 32.3. The smallest absolute Gasteiger partial charge is 0.0745 e. The third-order valence-corrected chi connectivity index (χ3v) is 17.1. The van der Waals surface area contributed by atoms with Gasteiger partial charge in [-0.15, -0.1) is 0 Å². The molecule has 2 atom stereocenters. The van der Waals surface area contributed by atoms with Crippen molar-refractivity contribution in [3.05, 3.63) is 82.9 Å². The van der Waals surface area contributed by atoms with Gasteiger partial charge in [-0.25, -0.2) is 0 Å². The van der Waals surface area contributed by atoms with Crippen LogP contribution in [0, 0.1) is 0 Å². The molecule has 0 radical (unpaired) electrons. The summed E-state index contributed by atoms with van der Waals surface area (Å²) in [6.07, 6.45) is 10.7. The van der Waals surface area contributed by atoms with Gasteiger partial charge in [0.2, 0.25) is 0 Å². The highest BCUT2D eigenvalue weighted by Crippen LogP contribution is 2.54. The normalized spacial score (nSPS) is 20.3. The fourth-order valence-corrected chi connectivity index (χ4v) is 15.3. The lowest BCUT2D eigenvalue weighted by Gasteiger charge is -2.39. The van der Waals surface area contributed by atoms with Crippen molar-refractivity contribution in [3.8, 4) is 0 Å². The van der Waals surface area contributed by atoms with Crippen LogP contribution in [0.4, 0.5) is 0 Å². The highest BCUT2D eigenvalue weighted by molar-refractivity contribution is 6.83. The Balaban J connectivity index is 1.68. The Morgan fingerprint density at radius 3 is 1.49 bits per heavy atom. The van der Waals surface area contributed by atoms with Crippen LogP contribution < -0.4 is 0 Å². The summed E-state index contributed by atoms with van der Waals surface area (Å²) in [6, 6.07) is 22.9. The molecular weight excluding hydrogens is 545 g/mol. The number of allylic oxidation sites excluding steroid dienone is 4. The molecule has 0 heterocycles. The fraction of sp³-hybridized carbons (Fsp3) is 0.568. The van der Waals surface area contributed by atoms with E-state index >= 15 is 0 Å². The van der Waals surface area contributed by atoms with Gasteiger partial charge in [0, 0.05) is 22.8 Å². The molecule has 2 aliphatic carbocycles. The Labute approximate surface area is 255 Å². The van der Waals surface area contributed by atoms with Crippen LogP contribution in [0.15, 0.2) is 60.7 Å². The van der Waals surface area contributed by atoms with Crippen LogP contribution >= 0.6 is 0 Å². The number of hydrogen-bond acceptors (Lipinski definition) is 1. The summed E-state index contributed by atoms with van der Waals surface area (Å²) in [4.78, 5) is 0. The molecule has 2 aliphatic rings. The van der Waals surface area contributed by atoms with Crippen molar-refractivity contribution in [1.29, 1.82) is 0 Å². The maximum atomic E-state index is 6.02. The maximum Gasteiger partial charge on any atom is 0.0745 e. The van der Waals surface area contributed by atoms with Crippen molar-refractivity contribution >= 4 is 35.4 Å². The zero-order valence-electron chi connectivity index (χ0n) is 28.0. The van der Waals surface area contributed by atoms with Crippen molar-refractivity contribution in [2.75, 3.05) is 6.61 Å². The van der Waals surface area contributed by atoms with Gasteiger partial charge >= 0.3 is 0 Å². The summed E-state index contributed by atoms with van der Waals surface area (Å²) < 4.78 is 6.02. The molecule has 41 heavy (non-hydrogen) atoms. The summed E-state index contributed by atoms with van der Waals surface area (Å²) in [5.41, 5.74) is 10.9. The summed E-state index contributed by atoms with van der Waals surface area (Å²) in [6.45, 7) is 25.3. The van der Waals surface area contributed by atoms with Crippen LogP contribution in [0.2, 0.25) is 64.0 Å². The van der Waals surface area contributed by atoms with Gasteiger partial charge < -0.3 is 4.74 Å². The van der Waals surface area contributed by atoms with Gasteiger partial charge in [0.25, 0.3) is 0 Å². The third-order valence-electron chi connectivity index (χ3n) is 9.03. The minimum atomic E-state index is -1.87. The first kappa shape index (κ1) is 32.4. The zero-order chi connectivity index (χ0) is 30.1. The average Bonchev–Trinajstić information content (AvgIpc) is 3.40. The van der Waals surface area contributed by atoms with Crippen LogP contribution in [0.3, 0.4) is 0 Å². The maximum absolute atomic E-state index is 6.02. The summed E-state index contributed by atoms with van der Waals surface area (Å²) >= 11 is 0. The van der Waals surface area contributed by atoms with Gasteiger partial charge in [-0.1, -0.05) is 132 Å². The monoisotopic (exact) mass is 602 g/mol. The Hall–Kier alpha value is -1.47. The van der Waals surface area contributed by atoms with E-state index < -0.39 is 24.2 Å². The van der Waals surface area contributed by atoms with E-state index in [0.717, 1.165) is 6.61 Å². The van der Waals surface area contributed by atoms with Crippen molar-refractivity contribution in [2.45, 2.75) is 127 Å². The lowest BCUT2D eigenvalue weighted by molar-refractivity contribution is -0.00471. The van der Waals surface area contributed by atoms with Crippen molar-refractivity contribution < 1.29 is 4.74 Å². The molecule has 0 aliphatic heterocycles. The summed E-state index contributed by atoms with van der Waals surface area (Å²) in [7, 11) is -4.34. The number of ether oxygens (including phenoxy) is 1. The van der Waals surface area contributed by atoms with Crippen LogP contribution in [0.5, 0.6) is 0 Å². The van der Waals surface area contributed by atoms with Gasteiger partial charge in [0.15, 0.2) is 0 Å². The molecule has 4 rings (SSSR count). The third kappa shape index (κ3) is 8.34. The molecule has 0 amide bonds. The minimum Gasteiger partial charge on any atom is -0.376 e. The first-order valence-electron chi connectivity index (χ1n) is 16.3. The van der Waals surface area contributed by atoms with E-state index in [1.165, 1.54) is 43.8 Å². The van der Waals surface area contributed by atoms with Gasteiger partial charge in [-0.2, -0.15) is 0 Å². The molecule has 0 N–H and O–H groups in total. The van der Waals surface area contributed by atoms with Crippen molar-refractivity contribution in [2.24, 2.45) is 0 Å². The van der Waals surface area contributed by atoms with Crippen LogP contribution in [0.1, 0.15) is 79.8 Å². The van der Waals surface area contributed by atoms with E-state index in [1.54, 1.807) is 33.4 Å². The first-order chi connectivity index (χ1) is 19.1. The van der Waals surface area contributed by atoms with E-state index in [-0.39, 0.29) is 5.60 Å². The molecule has 1 nitrogen and oxygen atoms in total.